The van der Waals surface area contributed by atoms with Gasteiger partial charge < -0.3 is 9.47 Å². The molecule has 1 aromatic rings. The van der Waals surface area contributed by atoms with Gasteiger partial charge >= 0.3 is 5.97 Å². The molecule has 1 atom stereocenters. The summed E-state index contributed by atoms with van der Waals surface area (Å²) >= 11 is 0. The Morgan fingerprint density at radius 3 is 2.71 bits per heavy atom. The molecule has 0 amide bonds. The summed E-state index contributed by atoms with van der Waals surface area (Å²) in [7, 11) is 1.22. The van der Waals surface area contributed by atoms with Crippen molar-refractivity contribution in [2.24, 2.45) is 0 Å². The van der Waals surface area contributed by atoms with E-state index in [9.17, 15) is 9.18 Å². The average Bonchev–Trinajstić information content (AvgIpc) is 2.35. The Morgan fingerprint density at radius 2 is 2.18 bits per heavy atom. The van der Waals surface area contributed by atoms with Gasteiger partial charge in [-0.1, -0.05) is 13.0 Å². The van der Waals surface area contributed by atoms with Crippen molar-refractivity contribution in [3.05, 3.63) is 35.1 Å². The Balaban J connectivity index is 2.72. The SMILES string of the molecule is CCC(C)OCc1ccc(C(=O)OC)c(F)c1. The van der Waals surface area contributed by atoms with Crippen LogP contribution in [0, 0.1) is 5.82 Å². The van der Waals surface area contributed by atoms with Crippen molar-refractivity contribution < 1.29 is 18.7 Å². The Kier molecular flexibility index (Phi) is 5.10. The third-order valence-corrected chi connectivity index (χ3v) is 2.55. The molecule has 0 bridgehead atoms. The molecule has 4 heteroatoms. The van der Waals surface area contributed by atoms with Crippen LogP contribution in [0.1, 0.15) is 36.2 Å². The van der Waals surface area contributed by atoms with Crippen molar-refractivity contribution in [3.8, 4) is 0 Å². The molecule has 0 heterocycles. The predicted molar refractivity (Wildman–Crippen MR) is 62.3 cm³/mol. The van der Waals surface area contributed by atoms with E-state index in [0.717, 1.165) is 6.42 Å². The van der Waals surface area contributed by atoms with Gasteiger partial charge in [0.2, 0.25) is 0 Å². The van der Waals surface area contributed by atoms with Gasteiger partial charge in [-0.25, -0.2) is 9.18 Å². The molecule has 94 valence electrons. The van der Waals surface area contributed by atoms with Crippen LogP contribution in [0.25, 0.3) is 0 Å². The van der Waals surface area contributed by atoms with E-state index in [2.05, 4.69) is 4.74 Å². The fourth-order valence-corrected chi connectivity index (χ4v) is 1.28. The number of ether oxygens (including phenoxy) is 2. The Labute approximate surface area is 101 Å². The summed E-state index contributed by atoms with van der Waals surface area (Å²) in [5.74, 6) is -1.25. The molecule has 0 aliphatic rings. The summed E-state index contributed by atoms with van der Waals surface area (Å²) in [6.07, 6.45) is 1.04. The minimum atomic E-state index is -0.670. The summed E-state index contributed by atoms with van der Waals surface area (Å²) in [6.45, 7) is 4.32. The van der Waals surface area contributed by atoms with E-state index < -0.39 is 11.8 Å². The fraction of sp³-hybridized carbons (Fsp3) is 0.462. The highest BCUT2D eigenvalue weighted by atomic mass is 19.1. The van der Waals surface area contributed by atoms with E-state index in [1.54, 1.807) is 6.07 Å². The molecule has 0 spiro atoms. The molecule has 0 N–H and O–H groups in total. The molecule has 0 aliphatic heterocycles. The largest absolute Gasteiger partial charge is 0.465 e. The second kappa shape index (κ2) is 6.35. The van der Waals surface area contributed by atoms with Crippen molar-refractivity contribution in [1.29, 1.82) is 0 Å². The molecule has 0 saturated heterocycles. The molecule has 0 radical (unpaired) electrons. The molecule has 0 aliphatic carbocycles. The summed E-state index contributed by atoms with van der Waals surface area (Å²) < 4.78 is 23.5. The van der Waals surface area contributed by atoms with E-state index in [4.69, 9.17) is 4.74 Å². The van der Waals surface area contributed by atoms with Crippen LogP contribution < -0.4 is 0 Å². The van der Waals surface area contributed by atoms with Crippen molar-refractivity contribution in [2.45, 2.75) is 33.0 Å². The maximum Gasteiger partial charge on any atom is 0.340 e. The maximum absolute atomic E-state index is 13.5. The monoisotopic (exact) mass is 240 g/mol. The lowest BCUT2D eigenvalue weighted by molar-refractivity contribution is 0.0505. The van der Waals surface area contributed by atoms with Crippen LogP contribution in [-0.4, -0.2) is 19.2 Å². The van der Waals surface area contributed by atoms with Gasteiger partial charge in [0.25, 0.3) is 0 Å². The number of esters is 1. The van der Waals surface area contributed by atoms with Gasteiger partial charge in [-0.15, -0.1) is 0 Å². The molecular formula is C13H17FO3. The predicted octanol–water partition coefficient (Wildman–Crippen LogP) is 2.93. The summed E-state index contributed by atoms with van der Waals surface area (Å²) in [5.41, 5.74) is 0.648. The van der Waals surface area contributed by atoms with Gasteiger partial charge in [0, 0.05) is 0 Å². The molecule has 1 rings (SSSR count). The molecule has 3 nitrogen and oxygen atoms in total. The Bertz CT molecular complexity index is 390. The van der Waals surface area contributed by atoms with Gasteiger partial charge in [0.1, 0.15) is 5.82 Å². The van der Waals surface area contributed by atoms with Gasteiger partial charge in [0.05, 0.1) is 25.4 Å². The molecule has 1 unspecified atom stereocenters. The molecular weight excluding hydrogens is 223 g/mol. The van der Waals surface area contributed by atoms with Crippen molar-refractivity contribution in [2.75, 3.05) is 7.11 Å². The standard InChI is InChI=1S/C13H17FO3/c1-4-9(2)17-8-10-5-6-11(12(14)7-10)13(15)16-3/h5-7,9H,4,8H2,1-3H3. The van der Waals surface area contributed by atoms with Crippen LogP contribution in [0.3, 0.4) is 0 Å². The fourth-order valence-electron chi connectivity index (χ4n) is 1.28. The smallest absolute Gasteiger partial charge is 0.340 e. The second-order valence-corrected chi connectivity index (χ2v) is 3.84. The van der Waals surface area contributed by atoms with Crippen molar-refractivity contribution in [1.82, 2.24) is 0 Å². The minimum Gasteiger partial charge on any atom is -0.465 e. The Hall–Kier alpha value is -1.42. The first-order valence-corrected chi connectivity index (χ1v) is 5.56. The highest BCUT2D eigenvalue weighted by molar-refractivity contribution is 5.89. The maximum atomic E-state index is 13.5. The van der Waals surface area contributed by atoms with Gasteiger partial charge in [-0.2, -0.15) is 0 Å². The van der Waals surface area contributed by atoms with Crippen LogP contribution in [0.5, 0.6) is 0 Å². The number of carbonyl (C=O) groups excluding carboxylic acids is 1. The summed E-state index contributed by atoms with van der Waals surface area (Å²) in [4.78, 5) is 11.2. The van der Waals surface area contributed by atoms with Crippen LogP contribution in [-0.2, 0) is 16.1 Å². The lowest BCUT2D eigenvalue weighted by Crippen LogP contribution is -2.08. The van der Waals surface area contributed by atoms with E-state index >= 15 is 0 Å². The summed E-state index contributed by atoms with van der Waals surface area (Å²) in [5, 5.41) is 0. The topological polar surface area (TPSA) is 35.5 Å². The number of benzene rings is 1. The zero-order chi connectivity index (χ0) is 12.8. The normalized spacial score (nSPS) is 12.2. The number of halogens is 1. The molecule has 0 aromatic heterocycles. The van der Waals surface area contributed by atoms with Crippen molar-refractivity contribution >= 4 is 5.97 Å². The van der Waals surface area contributed by atoms with Crippen LogP contribution in [0.4, 0.5) is 4.39 Å². The second-order valence-electron chi connectivity index (χ2n) is 3.84. The highest BCUT2D eigenvalue weighted by Crippen LogP contribution is 2.13. The van der Waals surface area contributed by atoms with Crippen LogP contribution in [0.2, 0.25) is 0 Å². The molecule has 17 heavy (non-hydrogen) atoms. The highest BCUT2D eigenvalue weighted by Gasteiger charge is 2.12. The first kappa shape index (κ1) is 13.6. The third kappa shape index (κ3) is 3.82. The van der Waals surface area contributed by atoms with Gasteiger partial charge in [0.15, 0.2) is 0 Å². The first-order valence-electron chi connectivity index (χ1n) is 5.56. The number of carbonyl (C=O) groups is 1. The molecule has 1 aromatic carbocycles. The van der Waals surface area contributed by atoms with E-state index in [1.807, 2.05) is 13.8 Å². The first-order chi connectivity index (χ1) is 8.08. The van der Waals surface area contributed by atoms with Gasteiger partial charge in [-0.3, -0.25) is 0 Å². The van der Waals surface area contributed by atoms with Gasteiger partial charge in [-0.05, 0) is 31.0 Å². The lowest BCUT2D eigenvalue weighted by Gasteiger charge is -2.11. The average molecular weight is 240 g/mol. The molecule has 0 saturated carbocycles. The number of hydrogen-bond donors (Lipinski definition) is 0. The Morgan fingerprint density at radius 1 is 1.47 bits per heavy atom. The van der Waals surface area contributed by atoms with E-state index in [0.29, 0.717) is 12.2 Å². The van der Waals surface area contributed by atoms with Crippen LogP contribution >= 0.6 is 0 Å². The number of hydrogen-bond acceptors (Lipinski definition) is 3. The molecule has 0 fully saturated rings. The summed E-state index contributed by atoms with van der Waals surface area (Å²) in [6, 6.07) is 4.38. The number of methoxy groups -OCH3 is 1. The quantitative estimate of drug-likeness (QED) is 0.742. The van der Waals surface area contributed by atoms with Crippen molar-refractivity contribution in [3.63, 3.8) is 0 Å². The third-order valence-electron chi connectivity index (χ3n) is 2.55. The minimum absolute atomic E-state index is 0.0558. The number of rotatable bonds is 5. The van der Waals surface area contributed by atoms with E-state index in [-0.39, 0.29) is 11.7 Å². The van der Waals surface area contributed by atoms with Crippen LogP contribution in [0.15, 0.2) is 18.2 Å². The van der Waals surface area contributed by atoms with E-state index in [1.165, 1.54) is 19.2 Å². The lowest BCUT2D eigenvalue weighted by atomic mass is 10.1. The zero-order valence-corrected chi connectivity index (χ0v) is 10.3. The zero-order valence-electron chi connectivity index (χ0n) is 10.3.